The van der Waals surface area contributed by atoms with Gasteiger partial charge in [0.05, 0.1) is 0 Å². The highest BCUT2D eigenvalue weighted by Crippen LogP contribution is 2.20. The standard InChI is InChI=1S/H4NO3P.H2NO2P/c1-5(2,3)4;1-4(2)3/h(H4,1,2,3,4);(H2-,1,2,3)/p+1. The molecule has 9 heteroatoms. The minimum atomic E-state index is -4.14. The number of nitrogens with two attached hydrogens (primary N) is 2. The van der Waals surface area contributed by atoms with Gasteiger partial charge in [0.25, 0.3) is 0 Å². The second-order valence-corrected chi connectivity index (χ2v) is 2.67. The second kappa shape index (κ2) is 4.96. The summed E-state index contributed by atoms with van der Waals surface area (Å²) < 4.78 is 18.0. The van der Waals surface area contributed by atoms with Gasteiger partial charge in [0, 0.05) is 0 Å². The molecule has 0 aliphatic rings. The van der Waals surface area contributed by atoms with E-state index in [1.165, 1.54) is 0 Å². The summed E-state index contributed by atoms with van der Waals surface area (Å²) in [5.41, 5.74) is 8.20. The lowest BCUT2D eigenvalue weighted by Crippen LogP contribution is -1.87. The third kappa shape index (κ3) is 18100. The Labute approximate surface area is 51.8 Å². The van der Waals surface area contributed by atoms with E-state index in [1.54, 1.807) is 0 Å². The summed E-state index contributed by atoms with van der Waals surface area (Å²) in [5.74, 6) is 0. The van der Waals surface area contributed by atoms with Crippen molar-refractivity contribution in [2.45, 2.75) is 0 Å². The predicted molar refractivity (Wildman–Crippen MR) is 30.2 cm³/mol. The molecule has 0 fully saturated rings. The zero-order valence-electron chi connectivity index (χ0n) is 4.21. The van der Waals surface area contributed by atoms with Crippen LogP contribution in [-0.2, 0) is 9.13 Å². The highest BCUT2D eigenvalue weighted by Gasteiger charge is 1.96. The van der Waals surface area contributed by atoms with Gasteiger partial charge in [0.15, 0.2) is 0 Å². The number of hydrogen-bond acceptors (Lipinski definition) is 2. The molecule has 0 saturated heterocycles. The summed E-state index contributed by atoms with van der Waals surface area (Å²) >= 11 is 0. The molecule has 0 aliphatic heterocycles. The number of rotatable bonds is 0. The maximum Gasteiger partial charge on any atom is 0.607 e. The van der Waals surface area contributed by atoms with Crippen molar-refractivity contribution >= 4 is 15.9 Å². The molecule has 0 rings (SSSR count). The molecule has 0 amide bonds. The average Bonchev–Trinajstić information content (AvgIpc) is 1.19. The lowest BCUT2D eigenvalue weighted by Gasteiger charge is -1.84. The Morgan fingerprint density at radius 2 is 1.44 bits per heavy atom. The summed E-state index contributed by atoms with van der Waals surface area (Å²) in [5, 5.41) is 0. The smallest absolute Gasteiger partial charge is 0.313 e. The van der Waals surface area contributed by atoms with Crippen LogP contribution in [0, 0.1) is 0 Å². The van der Waals surface area contributed by atoms with Crippen LogP contribution in [0.5, 0.6) is 0 Å². The van der Waals surface area contributed by atoms with Crippen LogP contribution in [-0.4, -0.2) is 14.7 Å². The van der Waals surface area contributed by atoms with Crippen LogP contribution in [0.1, 0.15) is 0 Å². The summed E-state index contributed by atoms with van der Waals surface area (Å²) in [7, 11) is -6.51. The van der Waals surface area contributed by atoms with E-state index in [4.69, 9.17) is 23.8 Å². The van der Waals surface area contributed by atoms with Gasteiger partial charge in [-0.3, -0.25) is 0 Å². The Morgan fingerprint density at radius 1 is 1.44 bits per heavy atom. The normalized spacial score (nSPS) is 11.4. The molecule has 0 heterocycles. The van der Waals surface area contributed by atoms with Crippen molar-refractivity contribution in [3.63, 3.8) is 0 Å². The van der Waals surface area contributed by atoms with Gasteiger partial charge in [-0.1, -0.05) is 5.50 Å². The molecule has 1 atom stereocenters. The lowest BCUT2D eigenvalue weighted by molar-refractivity contribution is 0.374. The molecule has 0 aromatic rings. The topological polar surface area (TPSA) is 147 Å². The molecule has 0 aromatic carbocycles. The first-order valence-electron chi connectivity index (χ1n) is 1.48. The van der Waals surface area contributed by atoms with E-state index in [1.807, 2.05) is 0 Å². The SMILES string of the molecule is NP(=O)(O)O.N[P+](=O)O. The van der Waals surface area contributed by atoms with E-state index >= 15 is 0 Å². The quantitative estimate of drug-likeness (QED) is 0.287. The predicted octanol–water partition coefficient (Wildman–Crippen LogP) is -1.37. The van der Waals surface area contributed by atoms with Crippen molar-refractivity contribution in [2.24, 2.45) is 11.0 Å². The molecule has 0 aliphatic carbocycles. The van der Waals surface area contributed by atoms with Crippen molar-refractivity contribution in [1.82, 2.24) is 0 Å². The van der Waals surface area contributed by atoms with Gasteiger partial charge in [0.2, 0.25) is 0 Å². The molecular formula is H7N2O5P2+. The Bertz CT molecular complexity index is 113. The van der Waals surface area contributed by atoms with Gasteiger partial charge in [0.1, 0.15) is 0 Å². The van der Waals surface area contributed by atoms with E-state index in [2.05, 4.69) is 11.0 Å². The minimum absolute atomic E-state index is 2.37. The molecular weight excluding hydrogens is 170 g/mol. The maximum atomic E-state index is 9.10. The second-order valence-electron chi connectivity index (χ2n) is 0.892. The third-order valence-electron chi connectivity index (χ3n) is 0. The fraction of sp³-hybridized carbons (Fsp3) is 0. The molecule has 0 spiro atoms. The van der Waals surface area contributed by atoms with E-state index < -0.39 is 15.9 Å². The first-order chi connectivity index (χ1) is 3.73. The highest BCUT2D eigenvalue weighted by molar-refractivity contribution is 7.49. The average molecular weight is 177 g/mol. The summed E-state index contributed by atoms with van der Waals surface area (Å²) in [6.07, 6.45) is 0. The van der Waals surface area contributed by atoms with Crippen LogP contribution in [0.15, 0.2) is 0 Å². The van der Waals surface area contributed by atoms with E-state index in [0.717, 1.165) is 0 Å². The summed E-state index contributed by atoms with van der Waals surface area (Å²) in [6, 6.07) is 0. The first kappa shape index (κ1) is 11.9. The fourth-order valence-electron chi connectivity index (χ4n) is 0. The van der Waals surface area contributed by atoms with Gasteiger partial charge in [-0.2, -0.15) is 0 Å². The number of hydrogen-bond donors (Lipinski definition) is 5. The molecule has 0 radical (unpaired) electrons. The Morgan fingerprint density at radius 3 is 1.44 bits per heavy atom. The summed E-state index contributed by atoms with van der Waals surface area (Å²) in [4.78, 5) is 22.2. The van der Waals surface area contributed by atoms with Gasteiger partial charge >= 0.3 is 15.9 Å². The van der Waals surface area contributed by atoms with Crippen molar-refractivity contribution < 1.29 is 23.8 Å². The van der Waals surface area contributed by atoms with Crippen molar-refractivity contribution in [2.75, 3.05) is 0 Å². The first-order valence-corrected chi connectivity index (χ1v) is 4.44. The molecule has 7 nitrogen and oxygen atoms in total. The lowest BCUT2D eigenvalue weighted by atomic mass is 13.9. The molecule has 1 unspecified atom stereocenters. The molecule has 0 saturated carbocycles. The van der Waals surface area contributed by atoms with Crippen LogP contribution in [0.2, 0.25) is 0 Å². The van der Waals surface area contributed by atoms with Crippen molar-refractivity contribution in [3.8, 4) is 0 Å². The Balaban J connectivity index is 0. The molecule has 0 bridgehead atoms. The monoisotopic (exact) mass is 177 g/mol. The van der Waals surface area contributed by atoms with Crippen LogP contribution in [0.25, 0.3) is 0 Å². The van der Waals surface area contributed by atoms with Crippen molar-refractivity contribution in [3.05, 3.63) is 0 Å². The van der Waals surface area contributed by atoms with Gasteiger partial charge in [-0.15, -0.1) is 4.89 Å². The maximum absolute atomic E-state index is 9.10. The molecule has 0 aromatic heterocycles. The Hall–Kier alpha value is 0.130. The van der Waals surface area contributed by atoms with Gasteiger partial charge in [-0.25, -0.2) is 10.1 Å². The van der Waals surface area contributed by atoms with Gasteiger partial charge in [-0.05, 0) is 4.57 Å². The molecule has 9 heavy (non-hydrogen) atoms. The van der Waals surface area contributed by atoms with Crippen LogP contribution < -0.4 is 11.0 Å². The van der Waals surface area contributed by atoms with Crippen LogP contribution in [0.3, 0.4) is 0 Å². The molecule has 56 valence electrons. The van der Waals surface area contributed by atoms with Crippen molar-refractivity contribution in [1.29, 1.82) is 0 Å². The largest absolute Gasteiger partial charge is 0.607 e. The van der Waals surface area contributed by atoms with Crippen LogP contribution >= 0.6 is 15.9 Å². The fourth-order valence-corrected chi connectivity index (χ4v) is 0. The highest BCUT2D eigenvalue weighted by atomic mass is 31.2. The Kier molecular flexibility index (Phi) is 6.54. The third-order valence-corrected chi connectivity index (χ3v) is 0. The van der Waals surface area contributed by atoms with E-state index in [-0.39, 0.29) is 0 Å². The minimum Gasteiger partial charge on any atom is -0.313 e. The van der Waals surface area contributed by atoms with Crippen LogP contribution in [0.4, 0.5) is 0 Å². The van der Waals surface area contributed by atoms with E-state index in [9.17, 15) is 0 Å². The molecule has 7 N–H and O–H groups in total. The van der Waals surface area contributed by atoms with Gasteiger partial charge < -0.3 is 9.79 Å². The summed E-state index contributed by atoms with van der Waals surface area (Å²) in [6.45, 7) is 0. The zero-order chi connectivity index (χ0) is 8.08. The zero-order valence-corrected chi connectivity index (χ0v) is 6.00. The van der Waals surface area contributed by atoms with E-state index in [0.29, 0.717) is 0 Å².